The van der Waals surface area contributed by atoms with Gasteiger partial charge in [-0.15, -0.1) is 0 Å². The Morgan fingerprint density at radius 2 is 1.47 bits per heavy atom. The van der Waals surface area contributed by atoms with Gasteiger partial charge in [0.15, 0.2) is 0 Å². The molecule has 3 nitrogen and oxygen atoms in total. The molecule has 19 heavy (non-hydrogen) atoms. The van der Waals surface area contributed by atoms with E-state index in [0.717, 1.165) is 6.42 Å². The number of rotatable bonds is 2. The van der Waals surface area contributed by atoms with E-state index in [9.17, 15) is 0 Å². The first kappa shape index (κ1) is 15.3. The zero-order valence-corrected chi connectivity index (χ0v) is 13.3. The number of hydrogen-bond donors (Lipinski definition) is 1. The van der Waals surface area contributed by atoms with E-state index in [1.54, 1.807) is 0 Å². The molecule has 0 spiro atoms. The number of nitrogens with zero attached hydrogens (tertiary/aromatic N) is 1. The van der Waals surface area contributed by atoms with Crippen LogP contribution in [0.15, 0.2) is 0 Å². The molecule has 0 aromatic rings. The summed E-state index contributed by atoms with van der Waals surface area (Å²) in [4.78, 5) is 2.65. The fourth-order valence-corrected chi connectivity index (χ4v) is 4.35. The molecule has 0 radical (unpaired) electrons. The first-order valence-electron chi connectivity index (χ1n) is 7.98. The predicted octanol–water partition coefficient (Wildman–Crippen LogP) is 2.93. The average molecular weight is 268 g/mol. The topological polar surface area (TPSA) is 38.5 Å². The Hall–Kier alpha value is -0.120. The number of hydrogen-bond acceptors (Lipinski definition) is 3. The largest absolute Gasteiger partial charge is 0.368 e. The van der Waals surface area contributed by atoms with E-state index in [1.807, 2.05) is 0 Å². The van der Waals surface area contributed by atoms with Crippen molar-refractivity contribution in [2.45, 2.75) is 83.0 Å². The van der Waals surface area contributed by atoms with Crippen molar-refractivity contribution in [1.29, 1.82) is 0 Å². The molecule has 0 amide bonds. The van der Waals surface area contributed by atoms with E-state index in [2.05, 4.69) is 32.6 Å². The van der Waals surface area contributed by atoms with Gasteiger partial charge in [0.25, 0.3) is 0 Å². The summed E-state index contributed by atoms with van der Waals surface area (Å²) < 4.78 is 6.35. The summed E-state index contributed by atoms with van der Waals surface area (Å²) in [5, 5.41) is 0. The van der Waals surface area contributed by atoms with Crippen molar-refractivity contribution in [1.82, 2.24) is 4.90 Å². The second-order valence-electron chi connectivity index (χ2n) is 7.54. The van der Waals surface area contributed by atoms with Crippen LogP contribution in [0.25, 0.3) is 0 Å². The summed E-state index contributed by atoms with van der Waals surface area (Å²) in [6.07, 6.45) is 7.78. The highest BCUT2D eigenvalue weighted by Crippen LogP contribution is 2.48. The van der Waals surface area contributed by atoms with Gasteiger partial charge in [0.2, 0.25) is 0 Å². The molecule has 1 atom stereocenters. The number of nitrogens with two attached hydrogens (primary N) is 1. The monoisotopic (exact) mass is 268 g/mol. The maximum absolute atomic E-state index is 6.35. The van der Waals surface area contributed by atoms with Crippen molar-refractivity contribution in [3.63, 3.8) is 0 Å². The van der Waals surface area contributed by atoms with Crippen molar-refractivity contribution in [3.05, 3.63) is 0 Å². The summed E-state index contributed by atoms with van der Waals surface area (Å²) in [7, 11) is 0. The first-order chi connectivity index (χ1) is 8.83. The van der Waals surface area contributed by atoms with Gasteiger partial charge < -0.3 is 10.5 Å². The zero-order valence-electron chi connectivity index (χ0n) is 13.3. The molecule has 0 aromatic heterocycles. The molecule has 2 saturated heterocycles. The minimum absolute atomic E-state index is 0.00778. The Labute approximate surface area is 118 Å². The third kappa shape index (κ3) is 2.84. The van der Waals surface area contributed by atoms with E-state index >= 15 is 0 Å². The molecule has 0 aliphatic carbocycles. The lowest BCUT2D eigenvalue weighted by Crippen LogP contribution is -2.64. The molecule has 0 saturated carbocycles. The van der Waals surface area contributed by atoms with E-state index in [0.29, 0.717) is 6.54 Å². The van der Waals surface area contributed by atoms with Crippen LogP contribution in [0.3, 0.4) is 0 Å². The van der Waals surface area contributed by atoms with Gasteiger partial charge in [-0.2, -0.15) is 0 Å². The van der Waals surface area contributed by atoms with Crippen molar-refractivity contribution in [2.24, 2.45) is 5.73 Å². The van der Waals surface area contributed by atoms with Crippen LogP contribution in [0.2, 0.25) is 0 Å². The average Bonchev–Trinajstić information content (AvgIpc) is 2.43. The Morgan fingerprint density at radius 3 is 1.89 bits per heavy atom. The lowest BCUT2D eigenvalue weighted by Gasteiger charge is -2.48. The molecule has 2 heterocycles. The van der Waals surface area contributed by atoms with Gasteiger partial charge in [-0.05, 0) is 60.0 Å². The van der Waals surface area contributed by atoms with E-state index in [-0.39, 0.29) is 16.7 Å². The minimum Gasteiger partial charge on any atom is -0.368 e. The van der Waals surface area contributed by atoms with Crippen LogP contribution >= 0.6 is 0 Å². The quantitative estimate of drug-likeness (QED) is 0.837. The molecular formula is C16H32N2O. The molecule has 112 valence electrons. The normalized spacial score (nSPS) is 35.8. The van der Waals surface area contributed by atoms with Crippen LogP contribution in [0.5, 0.6) is 0 Å². The maximum atomic E-state index is 6.35. The molecule has 0 bridgehead atoms. The molecule has 2 fully saturated rings. The Bertz CT molecular complexity index is 306. The standard InChI is InChI=1S/C16H32N2O/c1-14(2)12-16(13-17,15(3,4)19-14)18-10-8-6-5-7-9-11-18/h5-13,17H2,1-4H3. The Balaban J connectivity index is 2.25. The van der Waals surface area contributed by atoms with Crippen LogP contribution in [-0.4, -0.2) is 41.3 Å². The van der Waals surface area contributed by atoms with Crippen LogP contribution in [0.4, 0.5) is 0 Å². The van der Waals surface area contributed by atoms with E-state index < -0.39 is 0 Å². The fourth-order valence-electron chi connectivity index (χ4n) is 4.35. The van der Waals surface area contributed by atoms with Crippen LogP contribution < -0.4 is 5.73 Å². The van der Waals surface area contributed by atoms with Crippen molar-refractivity contribution in [3.8, 4) is 0 Å². The third-order valence-electron chi connectivity index (χ3n) is 5.17. The highest BCUT2D eigenvalue weighted by molar-refractivity contribution is 5.13. The van der Waals surface area contributed by atoms with Gasteiger partial charge in [-0.3, -0.25) is 4.90 Å². The number of likely N-dealkylation sites (tertiary alicyclic amines) is 1. The smallest absolute Gasteiger partial charge is 0.0830 e. The molecule has 0 aromatic carbocycles. The van der Waals surface area contributed by atoms with E-state index in [4.69, 9.17) is 10.5 Å². The lowest BCUT2D eigenvalue weighted by atomic mass is 9.77. The van der Waals surface area contributed by atoms with Gasteiger partial charge in [0.1, 0.15) is 0 Å². The first-order valence-corrected chi connectivity index (χ1v) is 7.98. The molecular weight excluding hydrogens is 236 g/mol. The van der Waals surface area contributed by atoms with Crippen LogP contribution in [0, 0.1) is 0 Å². The van der Waals surface area contributed by atoms with Gasteiger partial charge in [-0.25, -0.2) is 0 Å². The Kier molecular flexibility index (Phi) is 4.29. The summed E-state index contributed by atoms with van der Waals surface area (Å²) >= 11 is 0. The van der Waals surface area contributed by atoms with Crippen LogP contribution in [-0.2, 0) is 4.74 Å². The summed E-state index contributed by atoms with van der Waals surface area (Å²) in [5.74, 6) is 0. The lowest BCUT2D eigenvalue weighted by molar-refractivity contribution is -0.105. The third-order valence-corrected chi connectivity index (χ3v) is 5.17. The molecule has 1 unspecified atom stereocenters. The summed E-state index contributed by atoms with van der Waals surface area (Å²) in [6.45, 7) is 11.9. The molecule has 2 N–H and O–H groups in total. The summed E-state index contributed by atoms with van der Waals surface area (Å²) in [5.41, 5.74) is 6.05. The highest BCUT2D eigenvalue weighted by atomic mass is 16.5. The fraction of sp³-hybridized carbons (Fsp3) is 1.00. The second-order valence-corrected chi connectivity index (χ2v) is 7.54. The minimum atomic E-state index is -0.162. The van der Waals surface area contributed by atoms with Gasteiger partial charge in [0.05, 0.1) is 16.7 Å². The SMILES string of the molecule is CC1(C)CC(CN)(N2CCCCCCC2)C(C)(C)O1. The zero-order chi connectivity index (χ0) is 14.1. The van der Waals surface area contributed by atoms with Crippen molar-refractivity contribution >= 4 is 0 Å². The van der Waals surface area contributed by atoms with Crippen molar-refractivity contribution < 1.29 is 4.74 Å². The number of ether oxygens (including phenoxy) is 1. The van der Waals surface area contributed by atoms with Gasteiger partial charge >= 0.3 is 0 Å². The molecule has 2 aliphatic rings. The van der Waals surface area contributed by atoms with Gasteiger partial charge in [-0.1, -0.05) is 19.3 Å². The van der Waals surface area contributed by atoms with Crippen molar-refractivity contribution in [2.75, 3.05) is 19.6 Å². The summed E-state index contributed by atoms with van der Waals surface area (Å²) in [6, 6.07) is 0. The highest BCUT2D eigenvalue weighted by Gasteiger charge is 2.58. The van der Waals surface area contributed by atoms with Gasteiger partial charge in [0, 0.05) is 6.54 Å². The van der Waals surface area contributed by atoms with E-state index in [1.165, 1.54) is 45.2 Å². The molecule has 2 aliphatic heterocycles. The molecule has 3 heteroatoms. The Morgan fingerprint density at radius 1 is 0.947 bits per heavy atom. The molecule has 2 rings (SSSR count). The van der Waals surface area contributed by atoms with Crippen LogP contribution in [0.1, 0.15) is 66.2 Å². The predicted molar refractivity (Wildman–Crippen MR) is 80.3 cm³/mol. The maximum Gasteiger partial charge on any atom is 0.0830 e. The second kappa shape index (κ2) is 5.34.